The molecule has 0 saturated heterocycles. The molecule has 8 nitrogen and oxygen atoms in total. The van der Waals surface area contributed by atoms with E-state index in [1.54, 1.807) is 13.8 Å². The van der Waals surface area contributed by atoms with Crippen molar-refractivity contribution < 1.29 is 55.0 Å². The van der Waals surface area contributed by atoms with E-state index in [4.69, 9.17) is 9.47 Å². The smallest absolute Gasteiger partial charge is 0.411 e. The molecule has 6 rings (SSSR count). The number of carbonyl (C=O) groups is 4. The van der Waals surface area contributed by atoms with Crippen molar-refractivity contribution in [3.63, 3.8) is 0 Å². The van der Waals surface area contributed by atoms with E-state index in [2.05, 4.69) is 0 Å². The van der Waals surface area contributed by atoms with E-state index < -0.39 is 52.5 Å². The number of halogens is 6. The van der Waals surface area contributed by atoms with Gasteiger partial charge in [-0.05, 0) is 95.8 Å². The number of hydrogen-bond acceptors (Lipinski definition) is 6. The van der Waals surface area contributed by atoms with Gasteiger partial charge in [0, 0.05) is 24.3 Å². The molecule has 14 heteroatoms. The van der Waals surface area contributed by atoms with Crippen LogP contribution in [0.3, 0.4) is 0 Å². The predicted octanol–water partition coefficient (Wildman–Crippen LogP) is 8.67. The van der Waals surface area contributed by atoms with Crippen molar-refractivity contribution in [2.75, 3.05) is 9.80 Å². The quantitative estimate of drug-likeness (QED) is 0.120. The molecule has 0 aromatic heterocycles. The Morgan fingerprint density at radius 2 is 0.811 bits per heavy atom. The summed E-state index contributed by atoms with van der Waals surface area (Å²) in [4.78, 5) is 49.8. The largest absolute Gasteiger partial charge is 0.457 e. The van der Waals surface area contributed by atoms with Crippen molar-refractivity contribution in [1.82, 2.24) is 0 Å². The average Bonchev–Trinajstić information content (AvgIpc) is 3.63. The van der Waals surface area contributed by atoms with Crippen LogP contribution < -0.4 is 19.3 Å². The van der Waals surface area contributed by atoms with Gasteiger partial charge in [-0.2, -0.15) is 26.3 Å². The second kappa shape index (κ2) is 13.7. The first-order valence-electron chi connectivity index (χ1n) is 16.2. The zero-order valence-electron chi connectivity index (χ0n) is 27.9. The lowest BCUT2D eigenvalue weighted by Crippen LogP contribution is -2.54. The van der Waals surface area contributed by atoms with Crippen LogP contribution >= 0.6 is 0 Å². The minimum Gasteiger partial charge on any atom is -0.457 e. The Balaban J connectivity index is 1.33. The molecule has 4 aromatic carbocycles. The number of rotatable bonds is 10. The van der Waals surface area contributed by atoms with Gasteiger partial charge in [0.05, 0.1) is 11.4 Å². The summed E-state index contributed by atoms with van der Waals surface area (Å²) in [6.45, 7) is 3.11. The maximum Gasteiger partial charge on any atom is 0.411 e. The number of anilines is 2. The van der Waals surface area contributed by atoms with Crippen LogP contribution in [0.4, 0.5) is 37.7 Å². The Labute approximate surface area is 298 Å². The van der Waals surface area contributed by atoms with Crippen LogP contribution in [0.15, 0.2) is 109 Å². The van der Waals surface area contributed by atoms with Crippen LogP contribution in [0, 0.1) is 0 Å². The zero-order chi connectivity index (χ0) is 38.3. The number of carbonyl (C=O) groups excluding carboxylic acids is 4. The molecule has 0 spiro atoms. The number of benzene rings is 4. The maximum atomic E-state index is 15.2. The fourth-order valence-corrected chi connectivity index (χ4v) is 6.25. The molecule has 53 heavy (non-hydrogen) atoms. The van der Waals surface area contributed by atoms with Gasteiger partial charge < -0.3 is 9.47 Å². The number of imide groups is 2. The van der Waals surface area contributed by atoms with Crippen molar-refractivity contribution in [3.05, 3.63) is 131 Å². The van der Waals surface area contributed by atoms with E-state index in [-0.39, 0.29) is 58.3 Å². The van der Waals surface area contributed by atoms with E-state index in [0.29, 0.717) is 0 Å². The van der Waals surface area contributed by atoms with Gasteiger partial charge in [0.15, 0.2) is 0 Å². The van der Waals surface area contributed by atoms with E-state index in [1.807, 2.05) is 0 Å². The molecule has 0 fully saturated rings. The highest BCUT2D eigenvalue weighted by molar-refractivity contribution is 6.28. The van der Waals surface area contributed by atoms with Crippen molar-refractivity contribution in [2.45, 2.75) is 44.5 Å². The molecule has 4 aromatic rings. The fraction of sp³-hybridized carbons (Fsp3) is 0.179. The molecule has 0 N–H and O–H groups in total. The van der Waals surface area contributed by atoms with Crippen LogP contribution in [-0.2, 0) is 37.4 Å². The molecule has 0 bridgehead atoms. The van der Waals surface area contributed by atoms with E-state index in [0.717, 1.165) is 70.5 Å². The predicted molar refractivity (Wildman–Crippen MR) is 181 cm³/mol. The minimum atomic E-state index is -5.85. The third-order valence-electron chi connectivity index (χ3n) is 8.86. The Hall–Kier alpha value is -6.18. The monoisotopic (exact) mass is 734 g/mol. The summed E-state index contributed by atoms with van der Waals surface area (Å²) in [6, 6.07) is 16.6. The first-order chi connectivity index (χ1) is 25.1. The fourth-order valence-electron chi connectivity index (χ4n) is 6.25. The first kappa shape index (κ1) is 36.6. The van der Waals surface area contributed by atoms with Crippen molar-refractivity contribution in [2.24, 2.45) is 0 Å². The number of aryl methyl sites for hydroxylation is 2. The van der Waals surface area contributed by atoms with Crippen molar-refractivity contribution in [1.29, 1.82) is 0 Å². The number of hydrogen-bond donors (Lipinski definition) is 0. The third-order valence-corrected chi connectivity index (χ3v) is 8.86. The molecular weight excluding hydrogens is 706 g/mol. The van der Waals surface area contributed by atoms with Gasteiger partial charge in [-0.25, -0.2) is 9.80 Å². The second-order valence-electron chi connectivity index (χ2n) is 12.0. The van der Waals surface area contributed by atoms with Gasteiger partial charge in [0.1, 0.15) is 23.0 Å². The second-order valence-corrected chi connectivity index (χ2v) is 12.0. The lowest BCUT2D eigenvalue weighted by atomic mass is 9.72. The summed E-state index contributed by atoms with van der Waals surface area (Å²) in [7, 11) is 0. The molecule has 0 radical (unpaired) electrons. The highest BCUT2D eigenvalue weighted by atomic mass is 19.4. The minimum absolute atomic E-state index is 0.0102. The number of ether oxygens (including phenoxy) is 2. The lowest BCUT2D eigenvalue weighted by molar-refractivity contribution is -0.288. The summed E-state index contributed by atoms with van der Waals surface area (Å²) >= 11 is 0. The highest BCUT2D eigenvalue weighted by Crippen LogP contribution is 2.57. The van der Waals surface area contributed by atoms with Crippen molar-refractivity contribution >= 4 is 35.0 Å². The number of amides is 4. The molecular formula is C39H28F6N2O6. The van der Waals surface area contributed by atoms with Gasteiger partial charge in [0.25, 0.3) is 23.6 Å². The molecule has 0 atom stereocenters. The van der Waals surface area contributed by atoms with E-state index >= 15 is 26.3 Å². The topological polar surface area (TPSA) is 93.2 Å². The molecule has 272 valence electrons. The molecule has 0 saturated carbocycles. The summed E-state index contributed by atoms with van der Waals surface area (Å²) in [5, 5.41) is 0. The Morgan fingerprint density at radius 1 is 0.491 bits per heavy atom. The highest BCUT2D eigenvalue weighted by Gasteiger charge is 2.72. The van der Waals surface area contributed by atoms with Crippen LogP contribution in [0.2, 0.25) is 0 Å². The van der Waals surface area contributed by atoms with Gasteiger partial charge in [-0.3, -0.25) is 19.2 Å². The average molecular weight is 735 g/mol. The maximum absolute atomic E-state index is 15.2. The Bertz CT molecular complexity index is 1980. The molecule has 2 aliphatic heterocycles. The third kappa shape index (κ3) is 6.56. The van der Waals surface area contributed by atoms with E-state index in [9.17, 15) is 19.2 Å². The van der Waals surface area contributed by atoms with Gasteiger partial charge in [0.2, 0.25) is 5.41 Å². The number of nitrogens with zero attached hydrogens (tertiary/aromatic N) is 2. The summed E-state index contributed by atoms with van der Waals surface area (Å²) < 4.78 is 103. The van der Waals surface area contributed by atoms with Crippen LogP contribution in [0.1, 0.15) is 36.1 Å². The van der Waals surface area contributed by atoms with Crippen molar-refractivity contribution in [3.8, 4) is 23.0 Å². The van der Waals surface area contributed by atoms with Crippen LogP contribution in [0.5, 0.6) is 23.0 Å². The van der Waals surface area contributed by atoms with Gasteiger partial charge >= 0.3 is 12.4 Å². The van der Waals surface area contributed by atoms with Gasteiger partial charge in [-0.1, -0.05) is 38.1 Å². The summed E-state index contributed by atoms with van der Waals surface area (Å²) in [5.74, 6) is -1.83. The molecule has 0 unspecified atom stereocenters. The summed E-state index contributed by atoms with van der Waals surface area (Å²) in [5.41, 5.74) is -5.97. The Morgan fingerprint density at radius 3 is 1.09 bits per heavy atom. The Kier molecular flexibility index (Phi) is 9.50. The molecule has 2 heterocycles. The molecule has 0 aliphatic carbocycles. The normalized spacial score (nSPS) is 14.9. The lowest BCUT2D eigenvalue weighted by Gasteiger charge is -2.39. The first-order valence-corrected chi connectivity index (χ1v) is 16.2. The van der Waals surface area contributed by atoms with E-state index in [1.165, 1.54) is 48.5 Å². The molecule has 4 amide bonds. The standard InChI is InChI=1S/C39H28F6N2O6/c1-3-23-21-25(5-15-31(23)52-29-11-7-27(8-12-29)46-33(48)17-18-34(46)49)37(38(40,41)42,39(43,44)45)26-6-16-32(24(4-2)22-26)53-30-13-9-28(10-14-30)47-35(50)19-20-36(47)51/h5-22H,3-4H2,1-2H3. The summed E-state index contributed by atoms with van der Waals surface area (Å²) in [6.07, 6.45) is -7.24. The number of alkyl halides is 6. The van der Waals surface area contributed by atoms with Crippen LogP contribution in [-0.4, -0.2) is 36.0 Å². The molecule has 2 aliphatic rings. The van der Waals surface area contributed by atoms with Gasteiger partial charge in [-0.15, -0.1) is 0 Å². The zero-order valence-corrected chi connectivity index (χ0v) is 27.9. The SMILES string of the molecule is CCc1cc(C(c2ccc(Oc3ccc(N4C(=O)C=CC4=O)cc3)c(CC)c2)(C(F)(F)F)C(F)(F)F)ccc1Oc1ccc(N2C(=O)C=CC2=O)cc1. The van der Waals surface area contributed by atoms with Crippen LogP contribution in [0.25, 0.3) is 0 Å².